The van der Waals surface area contributed by atoms with E-state index >= 15 is 0 Å². The average Bonchev–Trinajstić information content (AvgIpc) is 2.80. The summed E-state index contributed by atoms with van der Waals surface area (Å²) in [5.41, 5.74) is 2.55. The van der Waals surface area contributed by atoms with Crippen LogP contribution in [0.3, 0.4) is 0 Å². The van der Waals surface area contributed by atoms with Crippen molar-refractivity contribution in [3.05, 3.63) is 102 Å². The van der Waals surface area contributed by atoms with Crippen molar-refractivity contribution in [3.63, 3.8) is 0 Å². The van der Waals surface area contributed by atoms with Crippen molar-refractivity contribution in [2.75, 3.05) is 14.2 Å². The Labute approximate surface area is 180 Å². The monoisotopic (exact) mass is 422 g/mol. The fraction of sp³-hybridized carbons (Fsp3) is 0.160. The fourth-order valence-corrected chi connectivity index (χ4v) is 2.96. The van der Waals surface area contributed by atoms with Crippen molar-refractivity contribution in [2.24, 2.45) is 0 Å². The number of hydrogen-bond acceptors (Lipinski definition) is 5. The number of rotatable bonds is 9. The topological polar surface area (TPSA) is 54.0 Å². The van der Waals surface area contributed by atoms with E-state index in [-0.39, 0.29) is 12.2 Å². The molecule has 0 amide bonds. The third-order valence-electron chi connectivity index (χ3n) is 4.44. The molecular formula is C25H23FO5. The summed E-state index contributed by atoms with van der Waals surface area (Å²) < 4.78 is 35.5. The van der Waals surface area contributed by atoms with Crippen LogP contribution in [0.15, 0.2) is 79.1 Å². The molecule has 3 aromatic carbocycles. The number of halogens is 1. The SMILES string of the molecule is COC=C(C(=O)OC)c1ccccc1COc1cc(F)cc(OCc2ccccc2)c1. The van der Waals surface area contributed by atoms with E-state index in [1.807, 2.05) is 42.5 Å². The van der Waals surface area contributed by atoms with E-state index in [2.05, 4.69) is 0 Å². The molecule has 0 bridgehead atoms. The number of methoxy groups -OCH3 is 2. The molecule has 160 valence electrons. The van der Waals surface area contributed by atoms with Gasteiger partial charge in [-0.2, -0.15) is 0 Å². The molecule has 0 aliphatic carbocycles. The van der Waals surface area contributed by atoms with Crippen LogP contribution in [0.2, 0.25) is 0 Å². The molecule has 5 nitrogen and oxygen atoms in total. The Balaban J connectivity index is 1.75. The molecule has 0 saturated heterocycles. The first-order chi connectivity index (χ1) is 15.1. The molecular weight excluding hydrogens is 399 g/mol. The standard InChI is InChI=1S/C25H23FO5/c1-28-17-24(25(27)29-2)23-11-7-6-10-19(23)16-31-22-13-20(26)12-21(14-22)30-15-18-8-4-3-5-9-18/h3-14,17H,15-16H2,1-2H3. The van der Waals surface area contributed by atoms with Gasteiger partial charge in [0.25, 0.3) is 0 Å². The number of carbonyl (C=O) groups excluding carboxylic acids is 1. The van der Waals surface area contributed by atoms with Crippen LogP contribution < -0.4 is 9.47 Å². The molecule has 0 spiro atoms. The van der Waals surface area contributed by atoms with Gasteiger partial charge in [0.2, 0.25) is 0 Å². The van der Waals surface area contributed by atoms with Gasteiger partial charge in [-0.05, 0) is 16.7 Å². The summed E-state index contributed by atoms with van der Waals surface area (Å²) in [7, 11) is 2.75. The number of carbonyl (C=O) groups is 1. The molecule has 3 rings (SSSR count). The Bertz CT molecular complexity index is 1050. The van der Waals surface area contributed by atoms with Crippen LogP contribution in [-0.2, 0) is 27.5 Å². The molecule has 0 radical (unpaired) electrons. The van der Waals surface area contributed by atoms with Gasteiger partial charge < -0.3 is 18.9 Å². The van der Waals surface area contributed by atoms with Crippen LogP contribution in [0.5, 0.6) is 11.5 Å². The summed E-state index contributed by atoms with van der Waals surface area (Å²) in [5, 5.41) is 0. The van der Waals surface area contributed by atoms with E-state index < -0.39 is 11.8 Å². The van der Waals surface area contributed by atoms with Crippen LogP contribution in [0.25, 0.3) is 5.57 Å². The molecule has 0 fully saturated rings. The van der Waals surface area contributed by atoms with Gasteiger partial charge in [-0.1, -0.05) is 54.6 Å². The van der Waals surface area contributed by atoms with Crippen LogP contribution in [-0.4, -0.2) is 20.2 Å². The largest absolute Gasteiger partial charge is 0.503 e. The molecule has 0 unspecified atom stereocenters. The van der Waals surface area contributed by atoms with Gasteiger partial charge in [-0.25, -0.2) is 9.18 Å². The lowest BCUT2D eigenvalue weighted by Crippen LogP contribution is -2.08. The Morgan fingerprint density at radius 3 is 2.19 bits per heavy atom. The number of esters is 1. The van der Waals surface area contributed by atoms with Crippen LogP contribution in [0.1, 0.15) is 16.7 Å². The first-order valence-electron chi connectivity index (χ1n) is 9.60. The maximum Gasteiger partial charge on any atom is 0.341 e. The average molecular weight is 422 g/mol. The lowest BCUT2D eigenvalue weighted by atomic mass is 10.0. The zero-order valence-corrected chi connectivity index (χ0v) is 17.3. The molecule has 0 N–H and O–H groups in total. The Morgan fingerprint density at radius 1 is 0.871 bits per heavy atom. The number of hydrogen-bond donors (Lipinski definition) is 0. The normalized spacial score (nSPS) is 11.0. The summed E-state index contributed by atoms with van der Waals surface area (Å²) in [4.78, 5) is 12.1. The van der Waals surface area contributed by atoms with Gasteiger partial charge in [0, 0.05) is 18.2 Å². The van der Waals surface area contributed by atoms with Gasteiger partial charge in [0.1, 0.15) is 36.1 Å². The highest BCUT2D eigenvalue weighted by Gasteiger charge is 2.17. The van der Waals surface area contributed by atoms with E-state index in [1.54, 1.807) is 18.2 Å². The second kappa shape index (κ2) is 10.8. The summed E-state index contributed by atoms with van der Waals surface area (Å²) in [6.07, 6.45) is 1.32. The summed E-state index contributed by atoms with van der Waals surface area (Å²) in [5.74, 6) is -0.324. The minimum absolute atomic E-state index is 0.107. The molecule has 0 saturated carbocycles. The third-order valence-corrected chi connectivity index (χ3v) is 4.44. The summed E-state index contributed by atoms with van der Waals surface area (Å²) in [6.45, 7) is 0.423. The lowest BCUT2D eigenvalue weighted by Gasteiger charge is -2.14. The van der Waals surface area contributed by atoms with Gasteiger partial charge in [-0.15, -0.1) is 0 Å². The number of ether oxygens (including phenoxy) is 4. The van der Waals surface area contributed by atoms with Crippen molar-refractivity contribution >= 4 is 11.5 Å². The Morgan fingerprint density at radius 2 is 1.52 bits per heavy atom. The molecule has 0 heterocycles. The van der Waals surface area contributed by atoms with Crippen LogP contribution in [0, 0.1) is 5.82 Å². The van der Waals surface area contributed by atoms with Crippen LogP contribution >= 0.6 is 0 Å². The van der Waals surface area contributed by atoms with Gasteiger partial charge >= 0.3 is 5.97 Å². The molecule has 0 aliphatic rings. The Kier molecular flexibility index (Phi) is 7.65. The molecule has 0 aliphatic heterocycles. The lowest BCUT2D eigenvalue weighted by molar-refractivity contribution is -0.133. The first-order valence-corrected chi connectivity index (χ1v) is 9.60. The van der Waals surface area contributed by atoms with E-state index in [0.29, 0.717) is 29.2 Å². The smallest absolute Gasteiger partial charge is 0.341 e. The van der Waals surface area contributed by atoms with Crippen molar-refractivity contribution in [1.82, 2.24) is 0 Å². The highest BCUT2D eigenvalue weighted by Crippen LogP contribution is 2.26. The van der Waals surface area contributed by atoms with E-state index in [0.717, 1.165) is 5.56 Å². The quantitative estimate of drug-likeness (QED) is 0.271. The second-order valence-electron chi connectivity index (χ2n) is 6.60. The van der Waals surface area contributed by atoms with Crippen molar-refractivity contribution in [2.45, 2.75) is 13.2 Å². The molecule has 6 heteroatoms. The number of benzene rings is 3. The minimum atomic E-state index is -0.531. The summed E-state index contributed by atoms with van der Waals surface area (Å²) in [6, 6.07) is 21.0. The predicted octanol–water partition coefficient (Wildman–Crippen LogP) is 5.14. The highest BCUT2D eigenvalue weighted by atomic mass is 19.1. The summed E-state index contributed by atoms with van der Waals surface area (Å²) >= 11 is 0. The molecule has 3 aromatic rings. The fourth-order valence-electron chi connectivity index (χ4n) is 2.96. The van der Waals surface area contributed by atoms with Gasteiger partial charge in [0.15, 0.2) is 0 Å². The second-order valence-corrected chi connectivity index (χ2v) is 6.60. The zero-order chi connectivity index (χ0) is 22.1. The van der Waals surface area contributed by atoms with E-state index in [9.17, 15) is 9.18 Å². The predicted molar refractivity (Wildman–Crippen MR) is 115 cm³/mol. The van der Waals surface area contributed by atoms with Crippen molar-refractivity contribution in [3.8, 4) is 11.5 Å². The molecule has 0 aromatic heterocycles. The van der Waals surface area contributed by atoms with Crippen LogP contribution in [0.4, 0.5) is 4.39 Å². The first kappa shape index (κ1) is 21.9. The minimum Gasteiger partial charge on any atom is -0.503 e. The van der Waals surface area contributed by atoms with Crippen molar-refractivity contribution in [1.29, 1.82) is 0 Å². The van der Waals surface area contributed by atoms with Gasteiger partial charge in [-0.3, -0.25) is 0 Å². The van der Waals surface area contributed by atoms with E-state index in [1.165, 1.54) is 32.6 Å². The Hall–Kier alpha value is -3.80. The van der Waals surface area contributed by atoms with E-state index in [4.69, 9.17) is 18.9 Å². The van der Waals surface area contributed by atoms with Gasteiger partial charge in [0.05, 0.1) is 20.5 Å². The third kappa shape index (κ3) is 6.09. The molecule has 31 heavy (non-hydrogen) atoms. The zero-order valence-electron chi connectivity index (χ0n) is 17.3. The van der Waals surface area contributed by atoms with Crippen molar-refractivity contribution < 1.29 is 28.1 Å². The maximum atomic E-state index is 14.1. The molecule has 0 atom stereocenters. The maximum absolute atomic E-state index is 14.1. The highest BCUT2D eigenvalue weighted by molar-refractivity contribution is 6.16.